The van der Waals surface area contributed by atoms with Crippen molar-refractivity contribution >= 4 is 22.4 Å². The second-order valence-corrected chi connectivity index (χ2v) is 7.72. The Morgan fingerprint density at radius 3 is 2.38 bits per heavy atom. The average Bonchev–Trinajstić information content (AvgIpc) is 3.10. The molecule has 2 aromatic rings. The number of amides is 1. The number of methoxy groups -OCH3 is 2. The number of benzene rings is 1. The molecule has 0 fully saturated rings. The zero-order valence-corrected chi connectivity index (χ0v) is 16.9. The Labute approximate surface area is 158 Å². The van der Waals surface area contributed by atoms with Crippen LogP contribution in [0.25, 0.3) is 0 Å². The fourth-order valence-corrected chi connectivity index (χ4v) is 3.57. The number of hydrogen-bond acceptors (Lipinski definition) is 6. The summed E-state index contributed by atoms with van der Waals surface area (Å²) in [5.41, 5.74) is 0.286. The lowest BCUT2D eigenvalue weighted by Crippen LogP contribution is -2.16. The van der Waals surface area contributed by atoms with E-state index in [1.807, 2.05) is 0 Å². The molecule has 7 heteroatoms. The summed E-state index contributed by atoms with van der Waals surface area (Å²) in [4.78, 5) is 12.7. The second kappa shape index (κ2) is 8.98. The smallest absolute Gasteiger partial charge is 0.265 e. The van der Waals surface area contributed by atoms with Crippen LogP contribution >= 0.6 is 11.3 Å². The van der Waals surface area contributed by atoms with Crippen LogP contribution in [0.3, 0.4) is 0 Å². The van der Waals surface area contributed by atoms with E-state index in [0.29, 0.717) is 22.2 Å². The molecule has 0 radical (unpaired) electrons. The van der Waals surface area contributed by atoms with Gasteiger partial charge < -0.3 is 9.47 Å². The van der Waals surface area contributed by atoms with Gasteiger partial charge in [-0.15, -0.1) is 10.2 Å². The van der Waals surface area contributed by atoms with Gasteiger partial charge in [0.15, 0.2) is 0 Å². The molecule has 0 aliphatic heterocycles. The van der Waals surface area contributed by atoms with E-state index >= 15 is 0 Å². The zero-order valence-electron chi connectivity index (χ0n) is 16.1. The maximum atomic E-state index is 12.7. The van der Waals surface area contributed by atoms with Crippen LogP contribution in [0.1, 0.15) is 61.8 Å². The van der Waals surface area contributed by atoms with Gasteiger partial charge >= 0.3 is 0 Å². The first kappa shape index (κ1) is 20.2. The molecule has 26 heavy (non-hydrogen) atoms. The maximum Gasteiger partial charge on any atom is 0.265 e. The Kier molecular flexibility index (Phi) is 6.97. The minimum atomic E-state index is -0.328. The van der Waals surface area contributed by atoms with Crippen molar-refractivity contribution in [3.8, 4) is 11.5 Å². The van der Waals surface area contributed by atoms with Crippen molar-refractivity contribution in [1.29, 1.82) is 0 Å². The lowest BCUT2D eigenvalue weighted by molar-refractivity contribution is 0.102. The number of hydrogen-bond donors (Lipinski definition) is 1. The second-order valence-electron chi connectivity index (χ2n) is 6.75. The maximum absolute atomic E-state index is 12.7. The molecule has 0 saturated heterocycles. The van der Waals surface area contributed by atoms with Crippen molar-refractivity contribution in [1.82, 2.24) is 10.2 Å². The van der Waals surface area contributed by atoms with E-state index < -0.39 is 0 Å². The Balaban J connectivity index is 2.15. The Morgan fingerprint density at radius 1 is 1.15 bits per heavy atom. The first-order valence-electron chi connectivity index (χ1n) is 8.79. The quantitative estimate of drug-likeness (QED) is 0.643. The Morgan fingerprint density at radius 2 is 1.81 bits per heavy atom. The minimum absolute atomic E-state index is 0.0576. The van der Waals surface area contributed by atoms with Gasteiger partial charge in [-0.05, 0) is 18.6 Å². The van der Waals surface area contributed by atoms with Crippen LogP contribution in [-0.4, -0.2) is 30.3 Å². The number of carbonyl (C=O) groups excluding carboxylic acids is 1. The molecule has 1 amide bonds. The lowest BCUT2D eigenvalue weighted by atomic mass is 9.88. The number of carbonyl (C=O) groups is 1. The number of nitrogens with one attached hydrogen (secondary N) is 1. The molecule has 0 aliphatic rings. The van der Waals surface area contributed by atoms with Gasteiger partial charge in [0.05, 0.1) is 14.2 Å². The van der Waals surface area contributed by atoms with Crippen molar-refractivity contribution in [2.75, 3.05) is 19.5 Å². The molecule has 0 bridgehead atoms. The van der Waals surface area contributed by atoms with E-state index in [0.717, 1.165) is 17.8 Å². The predicted octanol–water partition coefficient (Wildman–Crippen LogP) is 4.67. The summed E-state index contributed by atoms with van der Waals surface area (Å²) < 4.78 is 10.6. The lowest BCUT2D eigenvalue weighted by Gasteiger charge is -2.20. The van der Waals surface area contributed by atoms with Crippen molar-refractivity contribution < 1.29 is 14.3 Å². The van der Waals surface area contributed by atoms with E-state index in [1.54, 1.807) is 18.2 Å². The van der Waals surface area contributed by atoms with E-state index in [-0.39, 0.29) is 11.3 Å². The Hall–Kier alpha value is -2.15. The highest BCUT2D eigenvalue weighted by Crippen LogP contribution is 2.34. The Bertz CT molecular complexity index is 721. The molecular weight excluding hydrogens is 350 g/mol. The standard InChI is InChI=1S/C19H27N3O3S/c1-6-7-8-12-19(2,3)17-21-22-18(26-17)20-16(23)15-13(24-4)10-9-11-14(15)25-5/h9-11H,6-8,12H2,1-5H3,(H,20,22,23). The molecule has 1 N–H and O–H groups in total. The molecule has 2 rings (SSSR count). The topological polar surface area (TPSA) is 73.3 Å². The summed E-state index contributed by atoms with van der Waals surface area (Å²) in [6.45, 7) is 6.52. The summed E-state index contributed by atoms with van der Waals surface area (Å²) in [5, 5.41) is 12.6. The SMILES string of the molecule is CCCCCC(C)(C)c1nnc(NC(=O)c2c(OC)cccc2OC)s1. The van der Waals surface area contributed by atoms with Gasteiger partial charge in [0.1, 0.15) is 22.1 Å². The van der Waals surface area contributed by atoms with E-state index in [2.05, 4.69) is 36.3 Å². The minimum Gasteiger partial charge on any atom is -0.496 e. The summed E-state index contributed by atoms with van der Waals surface area (Å²) >= 11 is 1.41. The summed E-state index contributed by atoms with van der Waals surface area (Å²) in [5.74, 6) is 0.573. The normalized spacial score (nSPS) is 11.3. The van der Waals surface area contributed by atoms with Gasteiger partial charge in [0, 0.05) is 5.41 Å². The first-order valence-corrected chi connectivity index (χ1v) is 9.61. The molecule has 1 aromatic carbocycles. The van der Waals surface area contributed by atoms with Crippen LogP contribution in [0.5, 0.6) is 11.5 Å². The van der Waals surface area contributed by atoms with Gasteiger partial charge in [0.25, 0.3) is 5.91 Å². The molecule has 0 atom stereocenters. The van der Waals surface area contributed by atoms with E-state index in [4.69, 9.17) is 9.47 Å². The average molecular weight is 378 g/mol. The number of aromatic nitrogens is 2. The summed E-state index contributed by atoms with van der Waals surface area (Å²) in [6, 6.07) is 5.22. The fraction of sp³-hybridized carbons (Fsp3) is 0.526. The van der Waals surface area contributed by atoms with Crippen molar-refractivity contribution in [2.45, 2.75) is 51.9 Å². The third-order valence-electron chi connectivity index (χ3n) is 4.28. The van der Waals surface area contributed by atoms with Gasteiger partial charge in [-0.1, -0.05) is 57.4 Å². The van der Waals surface area contributed by atoms with Crippen molar-refractivity contribution in [3.05, 3.63) is 28.8 Å². The van der Waals surface area contributed by atoms with Crippen LogP contribution in [0.15, 0.2) is 18.2 Å². The molecule has 0 saturated carbocycles. The number of rotatable bonds is 9. The third-order valence-corrected chi connectivity index (χ3v) is 5.49. The van der Waals surface area contributed by atoms with Gasteiger partial charge in [-0.3, -0.25) is 10.1 Å². The van der Waals surface area contributed by atoms with E-state index in [9.17, 15) is 4.79 Å². The highest BCUT2D eigenvalue weighted by atomic mass is 32.1. The summed E-state index contributed by atoms with van der Waals surface area (Å²) in [6.07, 6.45) is 4.60. The highest BCUT2D eigenvalue weighted by molar-refractivity contribution is 7.15. The monoisotopic (exact) mass is 377 g/mol. The van der Waals surface area contributed by atoms with Crippen molar-refractivity contribution in [3.63, 3.8) is 0 Å². The highest BCUT2D eigenvalue weighted by Gasteiger charge is 2.26. The van der Waals surface area contributed by atoms with Crippen molar-refractivity contribution in [2.24, 2.45) is 0 Å². The zero-order chi connectivity index (χ0) is 19.2. The number of ether oxygens (including phenoxy) is 2. The number of nitrogens with zero attached hydrogens (tertiary/aromatic N) is 2. The molecule has 0 spiro atoms. The molecule has 0 aliphatic carbocycles. The fourth-order valence-electron chi connectivity index (χ4n) is 2.71. The third kappa shape index (κ3) is 4.72. The van der Waals surface area contributed by atoms with Crippen LogP contribution in [0, 0.1) is 0 Å². The van der Waals surface area contributed by atoms with Gasteiger partial charge in [-0.25, -0.2) is 0 Å². The molecule has 1 heterocycles. The van der Waals surface area contributed by atoms with Gasteiger partial charge in [0.2, 0.25) is 5.13 Å². The van der Waals surface area contributed by atoms with Crippen LogP contribution < -0.4 is 14.8 Å². The molecule has 6 nitrogen and oxygen atoms in total. The number of anilines is 1. The predicted molar refractivity (Wildman–Crippen MR) is 105 cm³/mol. The molecule has 142 valence electrons. The van der Waals surface area contributed by atoms with Crippen LogP contribution in [0.4, 0.5) is 5.13 Å². The molecule has 0 unspecified atom stereocenters. The largest absolute Gasteiger partial charge is 0.496 e. The number of unbranched alkanes of at least 4 members (excludes halogenated alkanes) is 2. The van der Waals surface area contributed by atoms with Crippen LogP contribution in [-0.2, 0) is 5.41 Å². The van der Waals surface area contributed by atoms with Gasteiger partial charge in [-0.2, -0.15) is 0 Å². The van der Waals surface area contributed by atoms with Crippen LogP contribution in [0.2, 0.25) is 0 Å². The summed E-state index contributed by atoms with van der Waals surface area (Å²) in [7, 11) is 3.04. The molecular formula is C19H27N3O3S. The first-order chi connectivity index (χ1) is 12.4. The van der Waals surface area contributed by atoms with E-state index in [1.165, 1.54) is 38.4 Å². The molecule has 1 aromatic heterocycles.